The van der Waals surface area contributed by atoms with E-state index in [0.29, 0.717) is 12.3 Å². The highest BCUT2D eigenvalue weighted by molar-refractivity contribution is 6.36. The Morgan fingerprint density at radius 2 is 2.04 bits per heavy atom. The van der Waals surface area contributed by atoms with Crippen molar-refractivity contribution in [3.05, 3.63) is 34.5 Å². The second-order valence-electron chi connectivity index (χ2n) is 9.25. The summed E-state index contributed by atoms with van der Waals surface area (Å²) in [6.45, 7) is 4.13. The topological polar surface area (TPSA) is 56.3 Å². The summed E-state index contributed by atoms with van der Waals surface area (Å²) in [6, 6.07) is 4.53. The summed E-state index contributed by atoms with van der Waals surface area (Å²) in [7, 11) is 0. The lowest BCUT2D eigenvalue weighted by molar-refractivity contribution is -0.174. The molecule has 1 aromatic carbocycles. The van der Waals surface area contributed by atoms with Gasteiger partial charge in [-0.05, 0) is 68.1 Å². The van der Waals surface area contributed by atoms with E-state index in [4.69, 9.17) is 11.6 Å². The van der Waals surface area contributed by atoms with Crippen molar-refractivity contribution in [2.45, 2.75) is 76.0 Å². The monoisotopic (exact) mass is 386 g/mol. The average Bonchev–Trinajstić information content (AvgIpc) is 3.01. The molecule has 3 atom stereocenters. The van der Waals surface area contributed by atoms with Crippen LogP contribution in [0.5, 0.6) is 0 Å². The number of carbonyl (C=O) groups excluding carboxylic acids is 1. The van der Waals surface area contributed by atoms with Crippen molar-refractivity contribution in [3.63, 3.8) is 0 Å². The maximum Gasteiger partial charge on any atom is 0.223 e. The van der Waals surface area contributed by atoms with E-state index in [1.54, 1.807) is 0 Å². The van der Waals surface area contributed by atoms with Gasteiger partial charge in [-0.25, -0.2) is 0 Å². The smallest absolute Gasteiger partial charge is 0.223 e. The quantitative estimate of drug-likeness (QED) is 0.814. The lowest BCUT2D eigenvalue weighted by atomic mass is 9.61. The number of halogens is 1. The summed E-state index contributed by atoms with van der Waals surface area (Å²) in [6.07, 6.45) is 7.09. The molecule has 4 fully saturated rings. The van der Waals surface area contributed by atoms with Crippen LogP contribution in [0.3, 0.4) is 0 Å². The second kappa shape index (κ2) is 5.99. The number of aromatic nitrogens is 1. The van der Waals surface area contributed by atoms with Crippen LogP contribution < -0.4 is 0 Å². The first-order valence-electron chi connectivity index (χ1n) is 10.1. The van der Waals surface area contributed by atoms with Gasteiger partial charge in [-0.2, -0.15) is 0 Å². The van der Waals surface area contributed by atoms with Crippen molar-refractivity contribution in [2.75, 3.05) is 0 Å². The standard InChI is InChI=1S/C22H27ClN2O2/c1-12-3-4-18-20(21(12)23)17(11-24-18)13(2)5-19(26)25-15-6-14-7-16(25)10-22(27,8-14)9-15/h3-4,11,13-16,24,27H,5-10H2,1-2H3. The number of carbonyl (C=O) groups is 1. The van der Waals surface area contributed by atoms with Crippen molar-refractivity contribution >= 4 is 28.4 Å². The summed E-state index contributed by atoms with van der Waals surface area (Å²) in [5.41, 5.74) is 2.69. The predicted molar refractivity (Wildman–Crippen MR) is 107 cm³/mol. The molecule has 2 aromatic rings. The van der Waals surface area contributed by atoms with Gasteiger partial charge in [-0.1, -0.05) is 24.6 Å². The van der Waals surface area contributed by atoms with Crippen LogP contribution in [0.1, 0.15) is 62.5 Å². The molecule has 4 aliphatic rings. The SMILES string of the molecule is Cc1ccc2[nH]cc(C(C)CC(=O)N3C4CC5CC3CC(O)(C5)C4)c2c1Cl. The second-order valence-corrected chi connectivity index (χ2v) is 9.63. The number of aryl methyl sites for hydroxylation is 1. The summed E-state index contributed by atoms with van der Waals surface area (Å²) < 4.78 is 0. The number of hydrogen-bond donors (Lipinski definition) is 2. The molecule has 2 saturated carbocycles. The first kappa shape index (κ1) is 17.6. The maximum absolute atomic E-state index is 13.2. The Hall–Kier alpha value is -1.52. The van der Waals surface area contributed by atoms with Gasteiger partial charge in [0, 0.05) is 35.6 Å². The van der Waals surface area contributed by atoms with Crippen LogP contribution in [-0.4, -0.2) is 38.6 Å². The van der Waals surface area contributed by atoms with Crippen LogP contribution in [0.4, 0.5) is 0 Å². The van der Waals surface area contributed by atoms with Gasteiger partial charge in [-0.15, -0.1) is 0 Å². The number of benzene rings is 1. The lowest BCUT2D eigenvalue weighted by Crippen LogP contribution is -2.65. The Balaban J connectivity index is 1.38. The van der Waals surface area contributed by atoms with E-state index in [-0.39, 0.29) is 23.9 Å². The largest absolute Gasteiger partial charge is 0.390 e. The Labute approximate surface area is 164 Å². The predicted octanol–water partition coefficient (Wildman–Crippen LogP) is 4.53. The van der Waals surface area contributed by atoms with Crippen LogP contribution in [0.25, 0.3) is 10.9 Å². The average molecular weight is 387 g/mol. The zero-order valence-corrected chi connectivity index (χ0v) is 16.7. The molecular weight excluding hydrogens is 360 g/mol. The molecule has 27 heavy (non-hydrogen) atoms. The van der Waals surface area contributed by atoms with Gasteiger partial charge in [0.15, 0.2) is 0 Å². The summed E-state index contributed by atoms with van der Waals surface area (Å²) in [5, 5.41) is 12.6. The van der Waals surface area contributed by atoms with Crippen LogP contribution in [0, 0.1) is 12.8 Å². The first-order chi connectivity index (χ1) is 12.8. The molecule has 144 valence electrons. The Bertz CT molecular complexity index is 904. The molecule has 1 amide bonds. The number of aromatic amines is 1. The molecule has 2 N–H and O–H groups in total. The molecule has 2 aliphatic carbocycles. The van der Waals surface area contributed by atoms with Gasteiger partial charge in [-0.3, -0.25) is 4.79 Å². The zero-order chi connectivity index (χ0) is 18.9. The molecule has 3 unspecified atom stereocenters. The molecular formula is C22H27ClN2O2. The number of rotatable bonds is 3. The van der Waals surface area contributed by atoms with E-state index in [1.807, 2.05) is 19.2 Å². The molecule has 6 rings (SSSR count). The third-order valence-electron chi connectivity index (χ3n) is 7.20. The number of hydrogen-bond acceptors (Lipinski definition) is 2. The summed E-state index contributed by atoms with van der Waals surface area (Å²) in [4.78, 5) is 18.7. The molecule has 5 heteroatoms. The fourth-order valence-electron chi connectivity index (χ4n) is 6.17. The Morgan fingerprint density at radius 3 is 2.70 bits per heavy atom. The fourth-order valence-corrected chi connectivity index (χ4v) is 6.44. The van der Waals surface area contributed by atoms with Crippen molar-refractivity contribution in [1.82, 2.24) is 9.88 Å². The minimum absolute atomic E-state index is 0.103. The van der Waals surface area contributed by atoms with Gasteiger partial charge < -0.3 is 15.0 Å². The molecule has 4 bridgehead atoms. The molecule has 4 nitrogen and oxygen atoms in total. The number of piperidine rings is 2. The zero-order valence-electron chi connectivity index (χ0n) is 16.0. The normalized spacial score (nSPS) is 33.0. The van der Waals surface area contributed by atoms with Crippen molar-refractivity contribution in [1.29, 1.82) is 0 Å². The van der Waals surface area contributed by atoms with Crippen LogP contribution in [-0.2, 0) is 4.79 Å². The Morgan fingerprint density at radius 1 is 1.33 bits per heavy atom. The highest BCUT2D eigenvalue weighted by Gasteiger charge is 2.54. The number of nitrogens with zero attached hydrogens (tertiary/aromatic N) is 1. The van der Waals surface area contributed by atoms with E-state index in [2.05, 4.69) is 22.9 Å². The molecule has 2 saturated heterocycles. The molecule has 0 radical (unpaired) electrons. The van der Waals surface area contributed by atoms with Crippen LogP contribution in [0.15, 0.2) is 18.3 Å². The van der Waals surface area contributed by atoms with E-state index < -0.39 is 5.60 Å². The van der Waals surface area contributed by atoms with Gasteiger partial charge in [0.25, 0.3) is 0 Å². The summed E-state index contributed by atoms with van der Waals surface area (Å²) >= 11 is 6.57. The van der Waals surface area contributed by atoms with E-state index in [9.17, 15) is 9.90 Å². The van der Waals surface area contributed by atoms with Gasteiger partial charge in [0.2, 0.25) is 5.91 Å². The number of amides is 1. The number of fused-ring (bicyclic) bond motifs is 1. The first-order valence-corrected chi connectivity index (χ1v) is 10.5. The number of H-pyrrole nitrogens is 1. The number of aliphatic hydroxyl groups is 1. The molecule has 3 heterocycles. The van der Waals surface area contributed by atoms with E-state index >= 15 is 0 Å². The van der Waals surface area contributed by atoms with E-state index in [0.717, 1.165) is 59.2 Å². The highest BCUT2D eigenvalue weighted by Crippen LogP contribution is 2.51. The molecule has 0 spiro atoms. The summed E-state index contributed by atoms with van der Waals surface area (Å²) in [5.74, 6) is 0.938. The van der Waals surface area contributed by atoms with Crippen LogP contribution in [0.2, 0.25) is 5.02 Å². The third-order valence-corrected chi connectivity index (χ3v) is 7.69. The third kappa shape index (κ3) is 2.72. The van der Waals surface area contributed by atoms with E-state index in [1.165, 1.54) is 0 Å². The number of nitrogens with one attached hydrogen (secondary N) is 1. The minimum atomic E-state index is -0.513. The molecule has 1 aromatic heterocycles. The highest BCUT2D eigenvalue weighted by atomic mass is 35.5. The lowest BCUT2D eigenvalue weighted by Gasteiger charge is -2.59. The minimum Gasteiger partial charge on any atom is -0.390 e. The Kier molecular flexibility index (Phi) is 3.90. The molecule has 2 aliphatic heterocycles. The fraction of sp³-hybridized carbons (Fsp3) is 0.591. The maximum atomic E-state index is 13.2. The van der Waals surface area contributed by atoms with Gasteiger partial charge >= 0.3 is 0 Å². The van der Waals surface area contributed by atoms with Gasteiger partial charge in [0.1, 0.15) is 0 Å². The van der Waals surface area contributed by atoms with Crippen LogP contribution >= 0.6 is 11.6 Å². The van der Waals surface area contributed by atoms with Crippen molar-refractivity contribution in [3.8, 4) is 0 Å². The van der Waals surface area contributed by atoms with Crippen molar-refractivity contribution < 1.29 is 9.90 Å². The van der Waals surface area contributed by atoms with Gasteiger partial charge in [0.05, 0.1) is 10.6 Å². The van der Waals surface area contributed by atoms with Crippen molar-refractivity contribution in [2.24, 2.45) is 5.92 Å².